The molecule has 10 heteroatoms. The Hall–Kier alpha value is -3.11. The molecule has 3 aromatic rings. The molecular weight excluding hydrogens is 409 g/mol. The van der Waals surface area contributed by atoms with Crippen LogP contribution in [0.1, 0.15) is 36.8 Å². The fourth-order valence-electron chi connectivity index (χ4n) is 4.12. The van der Waals surface area contributed by atoms with Gasteiger partial charge in [0.15, 0.2) is 0 Å². The molecule has 162 valence electrons. The largest absolute Gasteiger partial charge is 0.416 e. The molecule has 0 aliphatic heterocycles. The van der Waals surface area contributed by atoms with Crippen LogP contribution in [0.15, 0.2) is 53.5 Å². The summed E-state index contributed by atoms with van der Waals surface area (Å²) in [5.74, 6) is 0.422. The van der Waals surface area contributed by atoms with Crippen LogP contribution in [-0.2, 0) is 11.6 Å². The Morgan fingerprint density at radius 1 is 1.19 bits per heavy atom. The van der Waals surface area contributed by atoms with Gasteiger partial charge >= 0.3 is 6.18 Å². The van der Waals surface area contributed by atoms with E-state index >= 15 is 0 Å². The van der Waals surface area contributed by atoms with E-state index < -0.39 is 23.2 Å². The molecule has 1 fully saturated rings. The Morgan fingerprint density at radius 3 is 2.65 bits per heavy atom. The Bertz CT molecular complexity index is 1050. The maximum atomic E-state index is 13.6. The van der Waals surface area contributed by atoms with Gasteiger partial charge in [0.05, 0.1) is 17.3 Å². The van der Waals surface area contributed by atoms with Crippen LogP contribution in [0.4, 0.5) is 18.9 Å². The van der Waals surface area contributed by atoms with Crippen LogP contribution < -0.4 is 5.48 Å². The molecule has 0 spiro atoms. The second-order valence-corrected chi connectivity index (χ2v) is 7.68. The van der Waals surface area contributed by atoms with Gasteiger partial charge in [0.25, 0.3) is 0 Å². The number of H-pyrrole nitrogens is 1. The monoisotopic (exact) mass is 430 g/mol. The van der Waals surface area contributed by atoms with Crippen molar-refractivity contribution >= 4 is 11.9 Å². The Morgan fingerprint density at radius 2 is 2.00 bits per heavy atom. The van der Waals surface area contributed by atoms with E-state index in [1.165, 1.54) is 12.3 Å². The van der Waals surface area contributed by atoms with Gasteiger partial charge in [0, 0.05) is 11.8 Å². The molecule has 1 unspecified atom stereocenters. The highest BCUT2D eigenvalue weighted by Crippen LogP contribution is 2.50. The number of aliphatic imine (C=N–C) groups is 1. The molecule has 0 radical (unpaired) electrons. The van der Waals surface area contributed by atoms with Crippen LogP contribution in [0.3, 0.4) is 0 Å². The molecule has 0 saturated heterocycles. The standard InChI is InChI=1S/C21H21F3N6O/c22-21(23,24)18-8-2-1-7-17(18)20(9-4-10-20)12-16(28-31)13-25-15-6-3-5-14(11-15)19-26-29-30-27-19/h1-3,5-8,11,13,16,28,31H,4,9-10,12H2,(H,26,27,29,30). The molecule has 1 aliphatic carbocycles. The molecule has 3 N–H and O–H groups in total. The number of tetrazole rings is 1. The van der Waals surface area contributed by atoms with Crippen molar-refractivity contribution in [1.29, 1.82) is 0 Å². The van der Waals surface area contributed by atoms with Crippen LogP contribution in [0.2, 0.25) is 0 Å². The van der Waals surface area contributed by atoms with E-state index in [1.54, 1.807) is 30.3 Å². The first-order valence-corrected chi connectivity index (χ1v) is 9.86. The van der Waals surface area contributed by atoms with Gasteiger partial charge in [0.2, 0.25) is 5.82 Å². The maximum Gasteiger partial charge on any atom is 0.416 e. The Balaban J connectivity index is 1.56. The first-order chi connectivity index (χ1) is 14.9. The molecule has 31 heavy (non-hydrogen) atoms. The summed E-state index contributed by atoms with van der Waals surface area (Å²) in [6.07, 6.45) is -0.520. The summed E-state index contributed by atoms with van der Waals surface area (Å²) >= 11 is 0. The number of benzene rings is 2. The van der Waals surface area contributed by atoms with E-state index in [0.717, 1.165) is 12.5 Å². The summed E-state index contributed by atoms with van der Waals surface area (Å²) in [7, 11) is 0. The fourth-order valence-corrected chi connectivity index (χ4v) is 4.12. The third-order valence-corrected chi connectivity index (χ3v) is 5.74. The topological polar surface area (TPSA) is 99.1 Å². The zero-order valence-corrected chi connectivity index (χ0v) is 16.5. The van der Waals surface area contributed by atoms with E-state index in [1.807, 2.05) is 6.07 Å². The second kappa shape index (κ2) is 8.56. The van der Waals surface area contributed by atoms with Gasteiger partial charge in [-0.05, 0) is 53.7 Å². The normalized spacial score (nSPS) is 16.9. The summed E-state index contributed by atoms with van der Waals surface area (Å²) in [6, 6.07) is 12.2. The number of hydroxylamine groups is 1. The molecule has 0 amide bonds. The number of hydrogen-bond acceptors (Lipinski definition) is 6. The minimum Gasteiger partial charge on any atom is -0.316 e. The number of halogens is 3. The minimum absolute atomic E-state index is 0.279. The predicted molar refractivity (Wildman–Crippen MR) is 108 cm³/mol. The number of rotatable bonds is 7. The number of aromatic nitrogens is 4. The zero-order valence-electron chi connectivity index (χ0n) is 16.5. The highest BCUT2D eigenvalue weighted by Gasteiger charge is 2.45. The van der Waals surface area contributed by atoms with Crippen LogP contribution in [0.5, 0.6) is 0 Å². The van der Waals surface area contributed by atoms with Gasteiger partial charge in [-0.2, -0.15) is 23.9 Å². The third-order valence-electron chi connectivity index (χ3n) is 5.74. The lowest BCUT2D eigenvalue weighted by Gasteiger charge is -2.45. The van der Waals surface area contributed by atoms with Gasteiger partial charge in [-0.3, -0.25) is 4.99 Å². The maximum absolute atomic E-state index is 13.6. The Labute approximate surface area is 176 Å². The molecule has 0 bridgehead atoms. The summed E-state index contributed by atoms with van der Waals surface area (Å²) in [5, 5.41) is 23.4. The number of hydrogen-bond donors (Lipinski definition) is 3. The molecule has 1 aliphatic rings. The van der Waals surface area contributed by atoms with Crippen LogP contribution in [-0.4, -0.2) is 38.1 Å². The smallest absolute Gasteiger partial charge is 0.316 e. The lowest BCUT2D eigenvalue weighted by Crippen LogP contribution is -2.43. The second-order valence-electron chi connectivity index (χ2n) is 7.68. The fraction of sp³-hybridized carbons (Fsp3) is 0.333. The SMILES string of the molecule is ONC(C=Nc1cccc(-c2nn[nH]n2)c1)CC1(c2ccccc2C(F)(F)F)CCC1. The van der Waals surface area contributed by atoms with Crippen molar-refractivity contribution in [2.24, 2.45) is 4.99 Å². The first-order valence-electron chi connectivity index (χ1n) is 9.86. The molecule has 7 nitrogen and oxygen atoms in total. The molecule has 1 aromatic heterocycles. The molecule has 4 rings (SSSR count). The molecule has 1 atom stereocenters. The summed E-state index contributed by atoms with van der Waals surface area (Å²) in [4.78, 5) is 4.40. The number of nitrogens with zero attached hydrogens (tertiary/aromatic N) is 4. The average Bonchev–Trinajstić information content (AvgIpc) is 3.27. The highest BCUT2D eigenvalue weighted by atomic mass is 19.4. The molecular formula is C21H21F3N6O. The third kappa shape index (κ3) is 4.49. The zero-order chi connectivity index (χ0) is 21.9. The van der Waals surface area contributed by atoms with Crippen molar-refractivity contribution in [3.8, 4) is 11.4 Å². The van der Waals surface area contributed by atoms with Crippen LogP contribution in [0, 0.1) is 0 Å². The minimum atomic E-state index is -4.43. The molecule has 2 aromatic carbocycles. The van der Waals surface area contributed by atoms with Gasteiger partial charge in [0.1, 0.15) is 0 Å². The van der Waals surface area contributed by atoms with Crippen molar-refractivity contribution in [2.75, 3.05) is 0 Å². The molecule has 1 saturated carbocycles. The van der Waals surface area contributed by atoms with Crippen LogP contribution >= 0.6 is 0 Å². The van der Waals surface area contributed by atoms with E-state index in [2.05, 4.69) is 31.1 Å². The van der Waals surface area contributed by atoms with E-state index in [-0.39, 0.29) is 5.56 Å². The van der Waals surface area contributed by atoms with Crippen molar-refractivity contribution in [3.63, 3.8) is 0 Å². The van der Waals surface area contributed by atoms with Gasteiger partial charge in [-0.1, -0.05) is 36.8 Å². The van der Waals surface area contributed by atoms with Gasteiger partial charge in [-0.25, -0.2) is 0 Å². The van der Waals surface area contributed by atoms with E-state index in [9.17, 15) is 18.4 Å². The van der Waals surface area contributed by atoms with Gasteiger partial charge in [-0.15, -0.1) is 10.2 Å². The summed E-state index contributed by atoms with van der Waals surface area (Å²) in [5.41, 5.74) is 2.51. The lowest BCUT2D eigenvalue weighted by molar-refractivity contribution is -0.139. The Kier molecular flexibility index (Phi) is 5.84. The number of aromatic amines is 1. The van der Waals surface area contributed by atoms with Gasteiger partial charge < -0.3 is 5.21 Å². The van der Waals surface area contributed by atoms with E-state index in [0.29, 0.717) is 36.3 Å². The van der Waals surface area contributed by atoms with Crippen molar-refractivity contribution in [2.45, 2.75) is 43.3 Å². The predicted octanol–water partition coefficient (Wildman–Crippen LogP) is 4.45. The van der Waals surface area contributed by atoms with Crippen molar-refractivity contribution in [1.82, 2.24) is 26.1 Å². The number of alkyl halides is 3. The van der Waals surface area contributed by atoms with Crippen molar-refractivity contribution in [3.05, 3.63) is 59.7 Å². The highest BCUT2D eigenvalue weighted by molar-refractivity contribution is 5.71. The summed E-state index contributed by atoms with van der Waals surface area (Å²) in [6.45, 7) is 0. The van der Waals surface area contributed by atoms with Crippen molar-refractivity contribution < 1.29 is 18.4 Å². The molecule has 1 heterocycles. The quantitative estimate of drug-likeness (QED) is 0.380. The number of nitrogens with one attached hydrogen (secondary N) is 2. The van der Waals surface area contributed by atoms with E-state index in [4.69, 9.17) is 0 Å². The van der Waals surface area contributed by atoms with Crippen LogP contribution in [0.25, 0.3) is 11.4 Å². The average molecular weight is 430 g/mol. The summed E-state index contributed by atoms with van der Waals surface area (Å²) < 4.78 is 40.7. The first kappa shape index (κ1) is 21.1. The lowest BCUT2D eigenvalue weighted by atomic mass is 9.60.